The second-order valence-corrected chi connectivity index (χ2v) is 5.54. The first kappa shape index (κ1) is 15.2. The molecule has 1 atom stereocenters. The van der Waals surface area contributed by atoms with Crippen LogP contribution >= 0.6 is 0 Å². The number of amides is 1. The zero-order valence-corrected chi connectivity index (χ0v) is 12.7. The van der Waals surface area contributed by atoms with Gasteiger partial charge in [0.1, 0.15) is 5.75 Å². The van der Waals surface area contributed by atoms with E-state index < -0.39 is 23.7 Å². The third-order valence-corrected chi connectivity index (χ3v) is 4.18. The summed E-state index contributed by atoms with van der Waals surface area (Å²) in [5, 5.41) is 20.7. The Labute approximate surface area is 133 Å². The van der Waals surface area contributed by atoms with Crippen LogP contribution in [0.1, 0.15) is 29.3 Å². The number of aliphatic hydroxyl groups is 1. The molecular weight excluding hydrogens is 294 g/mol. The van der Waals surface area contributed by atoms with Gasteiger partial charge in [-0.3, -0.25) is 9.59 Å². The summed E-state index contributed by atoms with van der Waals surface area (Å²) in [5.74, 6) is -1.15. The summed E-state index contributed by atoms with van der Waals surface area (Å²) in [4.78, 5) is 26.6. The van der Waals surface area contributed by atoms with E-state index in [-0.39, 0.29) is 11.3 Å². The van der Waals surface area contributed by atoms with Crippen molar-refractivity contribution in [3.63, 3.8) is 0 Å². The Hall–Kier alpha value is -2.66. The Morgan fingerprint density at radius 1 is 1.13 bits per heavy atom. The van der Waals surface area contributed by atoms with E-state index in [0.29, 0.717) is 17.8 Å². The van der Waals surface area contributed by atoms with E-state index in [4.69, 9.17) is 0 Å². The van der Waals surface area contributed by atoms with Crippen LogP contribution in [-0.4, -0.2) is 28.4 Å². The van der Waals surface area contributed by atoms with Gasteiger partial charge in [-0.2, -0.15) is 0 Å². The fraction of sp³-hybridized carbons (Fsp3) is 0.222. The molecule has 1 heterocycles. The Kier molecular flexibility index (Phi) is 3.66. The molecule has 23 heavy (non-hydrogen) atoms. The van der Waals surface area contributed by atoms with Crippen molar-refractivity contribution in [3.8, 4) is 5.75 Å². The number of phenolic OH excluding ortho intramolecular Hbond substituents is 1. The second-order valence-electron chi connectivity index (χ2n) is 5.54. The van der Waals surface area contributed by atoms with E-state index in [1.165, 1.54) is 17.0 Å². The highest BCUT2D eigenvalue weighted by Crippen LogP contribution is 2.42. The number of para-hydroxylation sites is 2. The van der Waals surface area contributed by atoms with Crippen molar-refractivity contribution in [1.29, 1.82) is 0 Å². The topological polar surface area (TPSA) is 77.8 Å². The summed E-state index contributed by atoms with van der Waals surface area (Å²) in [6, 6.07) is 13.0. The number of carbonyl (C=O) groups excluding carboxylic acids is 2. The Morgan fingerprint density at radius 2 is 1.78 bits per heavy atom. The number of anilines is 1. The number of hydrogen-bond donors (Lipinski definition) is 2. The first-order valence-electron chi connectivity index (χ1n) is 7.44. The van der Waals surface area contributed by atoms with Crippen molar-refractivity contribution in [3.05, 3.63) is 59.7 Å². The molecule has 0 saturated heterocycles. The van der Waals surface area contributed by atoms with Crippen LogP contribution in [-0.2, 0) is 10.4 Å². The first-order valence-corrected chi connectivity index (χ1v) is 7.44. The number of fused-ring (bicyclic) bond motifs is 1. The summed E-state index contributed by atoms with van der Waals surface area (Å²) in [6.07, 6.45) is -0.406. The van der Waals surface area contributed by atoms with E-state index in [2.05, 4.69) is 0 Å². The third-order valence-electron chi connectivity index (χ3n) is 4.18. The number of benzene rings is 2. The van der Waals surface area contributed by atoms with E-state index in [9.17, 15) is 19.8 Å². The molecule has 2 aromatic carbocycles. The van der Waals surface area contributed by atoms with Crippen molar-refractivity contribution in [2.75, 3.05) is 11.4 Å². The smallest absolute Gasteiger partial charge is 0.264 e. The molecule has 0 aliphatic carbocycles. The number of ketones is 1. The maximum absolute atomic E-state index is 12.6. The third kappa shape index (κ3) is 2.29. The lowest BCUT2D eigenvalue weighted by molar-refractivity contribution is -0.135. The van der Waals surface area contributed by atoms with Crippen LogP contribution in [0.15, 0.2) is 48.5 Å². The van der Waals surface area contributed by atoms with E-state index in [0.717, 1.165) is 0 Å². The summed E-state index contributed by atoms with van der Waals surface area (Å²) in [7, 11) is 0. The predicted molar refractivity (Wildman–Crippen MR) is 85.4 cm³/mol. The van der Waals surface area contributed by atoms with Crippen molar-refractivity contribution in [1.82, 2.24) is 0 Å². The number of hydrogen-bond acceptors (Lipinski definition) is 4. The van der Waals surface area contributed by atoms with Crippen LogP contribution in [0.5, 0.6) is 5.75 Å². The molecular formula is C18H17NO4. The molecule has 0 aromatic heterocycles. The standard InChI is InChI=1S/C18H17NO4/c1-2-19-14-9-5-4-8-13(14)18(23,17(19)22)11-16(21)12-7-3-6-10-15(12)20/h3-10,20,23H,2,11H2,1H3/t18-/m0/s1. The maximum Gasteiger partial charge on any atom is 0.264 e. The minimum absolute atomic E-state index is 0.0983. The van der Waals surface area contributed by atoms with Crippen LogP contribution in [0.3, 0.4) is 0 Å². The molecule has 5 nitrogen and oxygen atoms in total. The number of rotatable bonds is 4. The SMILES string of the molecule is CCN1C(=O)[C@](O)(CC(=O)c2ccccc2O)c2ccccc21. The van der Waals surface area contributed by atoms with Gasteiger partial charge < -0.3 is 15.1 Å². The first-order chi connectivity index (χ1) is 11.0. The zero-order chi connectivity index (χ0) is 16.6. The van der Waals surface area contributed by atoms with Crippen LogP contribution in [0.2, 0.25) is 0 Å². The highest BCUT2D eigenvalue weighted by atomic mass is 16.3. The van der Waals surface area contributed by atoms with Crippen molar-refractivity contribution >= 4 is 17.4 Å². The molecule has 5 heteroatoms. The zero-order valence-electron chi connectivity index (χ0n) is 12.7. The minimum Gasteiger partial charge on any atom is -0.507 e. The molecule has 118 valence electrons. The highest BCUT2D eigenvalue weighted by molar-refractivity contribution is 6.11. The van der Waals surface area contributed by atoms with Crippen LogP contribution in [0.25, 0.3) is 0 Å². The van der Waals surface area contributed by atoms with Crippen LogP contribution < -0.4 is 4.90 Å². The predicted octanol–water partition coefficient (Wildman–Crippen LogP) is 2.22. The quantitative estimate of drug-likeness (QED) is 0.849. The van der Waals surface area contributed by atoms with Gasteiger partial charge in [0.15, 0.2) is 11.4 Å². The number of carbonyl (C=O) groups is 2. The molecule has 2 aromatic rings. The van der Waals surface area contributed by atoms with Gasteiger partial charge >= 0.3 is 0 Å². The number of likely N-dealkylation sites (N-methyl/N-ethyl adjacent to an activating group) is 1. The lowest BCUT2D eigenvalue weighted by Crippen LogP contribution is -2.41. The summed E-state index contributed by atoms with van der Waals surface area (Å²) in [5.41, 5.74) is -0.754. The van der Waals surface area contributed by atoms with E-state index >= 15 is 0 Å². The Bertz CT molecular complexity index is 786. The van der Waals surface area contributed by atoms with Crippen LogP contribution in [0.4, 0.5) is 5.69 Å². The number of Topliss-reactive ketones (excluding diaryl/α,β-unsaturated/α-hetero) is 1. The molecule has 1 amide bonds. The van der Waals surface area contributed by atoms with Gasteiger partial charge in [-0.1, -0.05) is 30.3 Å². The normalized spacial score (nSPS) is 19.7. The van der Waals surface area contributed by atoms with Gasteiger partial charge in [0.25, 0.3) is 5.91 Å². The molecule has 1 aliphatic heterocycles. The summed E-state index contributed by atoms with van der Waals surface area (Å²) in [6.45, 7) is 2.22. The Balaban J connectivity index is 2.00. The van der Waals surface area contributed by atoms with Gasteiger partial charge in [0.05, 0.1) is 17.7 Å². The van der Waals surface area contributed by atoms with Crippen molar-refractivity contribution < 1.29 is 19.8 Å². The van der Waals surface area contributed by atoms with Crippen molar-refractivity contribution in [2.45, 2.75) is 18.9 Å². The average molecular weight is 311 g/mol. The number of aromatic hydroxyl groups is 1. The van der Waals surface area contributed by atoms with Crippen LogP contribution in [0, 0.1) is 0 Å². The highest BCUT2D eigenvalue weighted by Gasteiger charge is 2.50. The molecule has 0 radical (unpaired) electrons. The minimum atomic E-state index is -1.90. The van der Waals surface area contributed by atoms with Gasteiger partial charge in [0.2, 0.25) is 0 Å². The summed E-state index contributed by atoms with van der Waals surface area (Å²) < 4.78 is 0. The summed E-state index contributed by atoms with van der Waals surface area (Å²) >= 11 is 0. The van der Waals surface area contributed by atoms with Crippen molar-refractivity contribution in [2.24, 2.45) is 0 Å². The number of phenols is 1. The molecule has 0 saturated carbocycles. The second kappa shape index (κ2) is 5.52. The fourth-order valence-corrected chi connectivity index (χ4v) is 3.03. The number of nitrogens with zero attached hydrogens (tertiary/aromatic N) is 1. The molecule has 0 bridgehead atoms. The molecule has 1 aliphatic rings. The largest absolute Gasteiger partial charge is 0.507 e. The van der Waals surface area contributed by atoms with E-state index in [1.54, 1.807) is 36.4 Å². The fourth-order valence-electron chi connectivity index (χ4n) is 3.03. The maximum atomic E-state index is 12.6. The monoisotopic (exact) mass is 311 g/mol. The molecule has 0 fully saturated rings. The van der Waals surface area contributed by atoms with Gasteiger partial charge in [-0.15, -0.1) is 0 Å². The lowest BCUT2D eigenvalue weighted by Gasteiger charge is -2.22. The molecule has 2 N–H and O–H groups in total. The van der Waals surface area contributed by atoms with Gasteiger partial charge in [-0.05, 0) is 25.1 Å². The van der Waals surface area contributed by atoms with Gasteiger partial charge in [-0.25, -0.2) is 0 Å². The molecule has 0 unspecified atom stereocenters. The average Bonchev–Trinajstić information content (AvgIpc) is 2.76. The van der Waals surface area contributed by atoms with Gasteiger partial charge in [0, 0.05) is 12.1 Å². The lowest BCUT2D eigenvalue weighted by atomic mass is 9.88. The molecule has 0 spiro atoms. The molecule has 3 rings (SSSR count). The Morgan fingerprint density at radius 3 is 2.48 bits per heavy atom. The van der Waals surface area contributed by atoms with E-state index in [1.807, 2.05) is 6.92 Å².